The van der Waals surface area contributed by atoms with Gasteiger partial charge in [-0.2, -0.15) is 9.90 Å². The second-order valence-corrected chi connectivity index (χ2v) is 23.9. The summed E-state index contributed by atoms with van der Waals surface area (Å²) in [6.07, 6.45) is 0. The van der Waals surface area contributed by atoms with Gasteiger partial charge in [-0.15, -0.1) is 0 Å². The van der Waals surface area contributed by atoms with E-state index in [0.717, 1.165) is 0 Å². The molecule has 0 aromatic rings. The third-order valence-electron chi connectivity index (χ3n) is 0. The molecule has 0 saturated heterocycles. The first kappa shape index (κ1) is 11.1. The Morgan fingerprint density at radius 3 is 0.833 bits per heavy atom. The number of hydrogen-bond donors (Lipinski definition) is 0. The minimum atomic E-state index is -3.22. The first-order valence-electron chi connectivity index (χ1n) is 0.571. The average Bonchev–Trinajstić information content (AvgIpc) is 0.722. The zero-order valence-electron chi connectivity index (χ0n) is 2.60. The molecule has 0 aliphatic heterocycles. The van der Waals surface area contributed by atoms with Crippen molar-refractivity contribution in [1.29, 1.82) is 0 Å². The van der Waals surface area contributed by atoms with Gasteiger partial charge in [0.15, 0.2) is 0 Å². The van der Waals surface area contributed by atoms with E-state index >= 15 is 0 Å². The SMILES string of the molecule is P.[Cl][Re]([Cl])([Cl])[Cl]. The molecule has 0 heterocycles. The normalized spacial score (nSPS) is 12.7. The van der Waals surface area contributed by atoms with Crippen molar-refractivity contribution in [2.24, 2.45) is 0 Å². The van der Waals surface area contributed by atoms with Gasteiger partial charge < -0.3 is 0 Å². The molecule has 0 radical (unpaired) electrons. The topological polar surface area (TPSA) is 0 Å². The van der Waals surface area contributed by atoms with Crippen molar-refractivity contribution in [3.8, 4) is 0 Å². The summed E-state index contributed by atoms with van der Waals surface area (Å²) in [5.74, 6) is 0. The Kier molecular flexibility index (Phi) is 7.70. The summed E-state index contributed by atoms with van der Waals surface area (Å²) in [6.45, 7) is 0. The summed E-state index contributed by atoms with van der Waals surface area (Å²) in [4.78, 5) is 0. The van der Waals surface area contributed by atoms with Gasteiger partial charge in [-0.25, -0.2) is 0 Å². The van der Waals surface area contributed by atoms with Crippen molar-refractivity contribution in [2.45, 2.75) is 0 Å². The van der Waals surface area contributed by atoms with Crippen LogP contribution < -0.4 is 0 Å². The van der Waals surface area contributed by atoms with E-state index in [1.807, 2.05) is 0 Å². The molecule has 0 N–H and O–H groups in total. The molecular weight excluding hydrogens is 359 g/mol. The third kappa shape index (κ3) is 34.0. The summed E-state index contributed by atoms with van der Waals surface area (Å²) in [5.41, 5.74) is 0. The molecule has 1 unspecified atom stereocenters. The molecule has 0 aliphatic carbocycles. The molecule has 1 atom stereocenters. The molecule has 6 heteroatoms. The summed E-state index contributed by atoms with van der Waals surface area (Å²) in [6, 6.07) is 0. The fourth-order valence-electron chi connectivity index (χ4n) is 0. The predicted octanol–water partition coefficient (Wildman–Crippen LogP) is 2.81. The second-order valence-electron chi connectivity index (χ2n) is 0.324. The van der Waals surface area contributed by atoms with Crippen LogP contribution in [0.1, 0.15) is 0 Å². The van der Waals surface area contributed by atoms with Crippen LogP contribution in [0.15, 0.2) is 0 Å². The van der Waals surface area contributed by atoms with Crippen molar-refractivity contribution in [3.63, 3.8) is 0 Å². The molecule has 0 spiro atoms. The first-order valence-corrected chi connectivity index (χ1v) is 14.0. The molecule has 0 aromatic carbocycles. The van der Waals surface area contributed by atoms with Gasteiger partial charge in [0.25, 0.3) is 0 Å². The van der Waals surface area contributed by atoms with Crippen LogP contribution in [-0.2, 0) is 11.5 Å². The molecule has 6 heavy (non-hydrogen) atoms. The van der Waals surface area contributed by atoms with Gasteiger partial charge in [-0.3, -0.25) is 0 Å². The molecule has 0 aliphatic rings. The van der Waals surface area contributed by atoms with Crippen molar-refractivity contribution in [3.05, 3.63) is 0 Å². The first-order chi connectivity index (χ1) is 2.00. The molecule has 0 nitrogen and oxygen atoms in total. The molecule has 0 rings (SSSR count). The summed E-state index contributed by atoms with van der Waals surface area (Å²) >= 11 is -3.22. The summed E-state index contributed by atoms with van der Waals surface area (Å²) in [5, 5.41) is 0. The standard InChI is InChI=1S/4ClH.H3P.Re/h4*1H;1H3;/q;;;;;+4/p-4. The number of rotatable bonds is 0. The van der Waals surface area contributed by atoms with Crippen LogP contribution in [0, 0.1) is 0 Å². The Labute approximate surface area is 59.0 Å². The van der Waals surface area contributed by atoms with Crippen LogP contribution in [-0.4, -0.2) is 0 Å². The number of hydrogen-bond acceptors (Lipinski definition) is 0. The third-order valence-corrected chi connectivity index (χ3v) is 0. The maximum atomic E-state index is 5.03. The van der Waals surface area contributed by atoms with E-state index in [0.29, 0.717) is 0 Å². The maximum absolute atomic E-state index is 5.03. The molecule has 0 amide bonds. The Balaban J connectivity index is 0. The second kappa shape index (κ2) is 4.16. The Bertz CT molecular complexity index is 23.0. The van der Waals surface area contributed by atoms with E-state index in [2.05, 4.69) is 0 Å². The predicted molar refractivity (Wildman–Crippen MR) is 34.5 cm³/mol. The van der Waals surface area contributed by atoms with Crippen LogP contribution in [0.25, 0.3) is 0 Å². The molecule has 0 saturated carbocycles. The van der Waals surface area contributed by atoms with Gasteiger partial charge in [0.1, 0.15) is 0 Å². The molecule has 0 fully saturated rings. The molecule has 0 aromatic heterocycles. The van der Waals surface area contributed by atoms with Gasteiger partial charge in [0, 0.05) is 0 Å². The van der Waals surface area contributed by atoms with Crippen molar-refractivity contribution in [1.82, 2.24) is 0 Å². The fourth-order valence-corrected chi connectivity index (χ4v) is 0. The molecule has 0 bridgehead atoms. The van der Waals surface area contributed by atoms with E-state index in [1.54, 1.807) is 0 Å². The van der Waals surface area contributed by atoms with E-state index in [1.165, 1.54) is 0 Å². The summed E-state index contributed by atoms with van der Waals surface area (Å²) in [7, 11) is 20.1. The van der Waals surface area contributed by atoms with Crippen molar-refractivity contribution < 1.29 is 11.5 Å². The van der Waals surface area contributed by atoms with E-state index < -0.39 is 11.5 Å². The Hall–Kier alpha value is 2.25. The molecular formula is H3Cl4PRe. The Morgan fingerprint density at radius 2 is 0.833 bits per heavy atom. The van der Waals surface area contributed by atoms with Crippen LogP contribution in [0.4, 0.5) is 0 Å². The number of halogens is 4. The van der Waals surface area contributed by atoms with Gasteiger partial charge >= 0.3 is 49.6 Å². The Morgan fingerprint density at radius 1 is 0.833 bits per heavy atom. The molecule has 43 valence electrons. The zero-order valence-corrected chi connectivity index (χ0v) is 9.75. The van der Waals surface area contributed by atoms with Crippen molar-refractivity contribution >= 4 is 48.0 Å². The van der Waals surface area contributed by atoms with E-state index in [-0.39, 0.29) is 9.90 Å². The van der Waals surface area contributed by atoms with E-state index in [4.69, 9.17) is 38.1 Å². The quantitative estimate of drug-likeness (QED) is 0.582. The van der Waals surface area contributed by atoms with Crippen LogP contribution in [0.5, 0.6) is 0 Å². The van der Waals surface area contributed by atoms with Gasteiger partial charge in [0.2, 0.25) is 0 Å². The van der Waals surface area contributed by atoms with Crippen LogP contribution in [0.2, 0.25) is 0 Å². The van der Waals surface area contributed by atoms with Gasteiger partial charge in [0.05, 0.1) is 0 Å². The van der Waals surface area contributed by atoms with Crippen LogP contribution in [0.3, 0.4) is 0 Å². The monoisotopic (exact) mass is 361 g/mol. The fraction of sp³-hybridized carbons (Fsp3) is 0. The van der Waals surface area contributed by atoms with Crippen molar-refractivity contribution in [2.75, 3.05) is 0 Å². The average molecular weight is 362 g/mol. The van der Waals surface area contributed by atoms with Crippen LogP contribution >= 0.6 is 48.0 Å². The minimum absolute atomic E-state index is 0. The zero-order chi connectivity index (χ0) is 4.50. The van der Waals surface area contributed by atoms with Gasteiger partial charge in [-0.1, -0.05) is 0 Å². The van der Waals surface area contributed by atoms with Gasteiger partial charge in [-0.05, 0) is 0 Å². The van der Waals surface area contributed by atoms with E-state index in [9.17, 15) is 0 Å². The summed E-state index contributed by atoms with van der Waals surface area (Å²) < 4.78 is 0.